The fraction of sp³-hybridized carbons (Fsp3) is 0.375. The Morgan fingerprint density at radius 3 is 3.14 bits per heavy atom. The van der Waals surface area contributed by atoms with Crippen LogP contribution in [-0.4, -0.2) is 27.0 Å². The van der Waals surface area contributed by atoms with Crippen LogP contribution in [0.1, 0.15) is 24.6 Å². The molecule has 0 aromatic carbocycles. The first-order chi connectivity index (χ1) is 10.3. The first kappa shape index (κ1) is 14.2. The third kappa shape index (κ3) is 3.68. The van der Waals surface area contributed by atoms with E-state index >= 15 is 0 Å². The molecule has 3 rings (SSSR count). The molecule has 0 fully saturated rings. The standard InChI is InChI=1S/C16H20N4S/c1-2-18-14(6-5-13-4-3-7-17-11-13)10-15-12-20-8-9-21-16(20)19-15/h3-4,7-9,11-12,14,18H,2,5-6,10H2,1H3. The maximum atomic E-state index is 4.68. The van der Waals surface area contributed by atoms with Gasteiger partial charge in [-0.25, -0.2) is 4.98 Å². The number of thiazole rings is 1. The molecule has 0 saturated heterocycles. The molecule has 0 spiro atoms. The molecule has 0 aliphatic carbocycles. The van der Waals surface area contributed by atoms with E-state index in [0.29, 0.717) is 6.04 Å². The van der Waals surface area contributed by atoms with E-state index in [0.717, 1.165) is 30.8 Å². The number of aromatic nitrogens is 3. The fourth-order valence-corrected chi connectivity index (χ4v) is 3.30. The Bertz CT molecular complexity index is 645. The van der Waals surface area contributed by atoms with Gasteiger partial charge in [0.25, 0.3) is 0 Å². The number of aryl methyl sites for hydroxylation is 1. The van der Waals surface area contributed by atoms with Gasteiger partial charge >= 0.3 is 0 Å². The molecule has 3 heterocycles. The predicted molar refractivity (Wildman–Crippen MR) is 86.8 cm³/mol. The summed E-state index contributed by atoms with van der Waals surface area (Å²) >= 11 is 1.68. The van der Waals surface area contributed by atoms with E-state index in [9.17, 15) is 0 Å². The molecule has 5 heteroatoms. The van der Waals surface area contributed by atoms with Crippen LogP contribution in [-0.2, 0) is 12.8 Å². The second-order valence-electron chi connectivity index (χ2n) is 5.18. The number of imidazole rings is 1. The summed E-state index contributed by atoms with van der Waals surface area (Å²) in [5.41, 5.74) is 2.46. The highest BCUT2D eigenvalue weighted by Gasteiger charge is 2.12. The third-order valence-corrected chi connectivity index (χ3v) is 4.37. The summed E-state index contributed by atoms with van der Waals surface area (Å²) in [5.74, 6) is 0. The lowest BCUT2D eigenvalue weighted by Gasteiger charge is -2.16. The molecule has 3 aromatic heterocycles. The molecule has 4 nitrogen and oxygen atoms in total. The Kier molecular flexibility index (Phi) is 4.62. The molecule has 21 heavy (non-hydrogen) atoms. The topological polar surface area (TPSA) is 42.2 Å². The molecule has 1 unspecified atom stereocenters. The van der Waals surface area contributed by atoms with Gasteiger partial charge in [0.2, 0.25) is 0 Å². The van der Waals surface area contributed by atoms with Crippen LogP contribution < -0.4 is 5.32 Å². The van der Waals surface area contributed by atoms with Crippen LogP contribution in [0, 0.1) is 0 Å². The van der Waals surface area contributed by atoms with Crippen molar-refractivity contribution in [3.8, 4) is 0 Å². The summed E-state index contributed by atoms with van der Waals surface area (Å²) in [6.07, 6.45) is 11.1. The van der Waals surface area contributed by atoms with E-state index in [2.05, 4.69) is 50.4 Å². The van der Waals surface area contributed by atoms with Gasteiger partial charge in [-0.15, -0.1) is 11.3 Å². The molecule has 110 valence electrons. The molecule has 0 aliphatic rings. The van der Waals surface area contributed by atoms with Crippen LogP contribution >= 0.6 is 11.3 Å². The van der Waals surface area contributed by atoms with Crippen molar-refractivity contribution in [3.63, 3.8) is 0 Å². The van der Waals surface area contributed by atoms with Crippen molar-refractivity contribution in [1.29, 1.82) is 0 Å². The zero-order valence-electron chi connectivity index (χ0n) is 12.2. The van der Waals surface area contributed by atoms with Crippen LogP contribution in [0.5, 0.6) is 0 Å². The van der Waals surface area contributed by atoms with Gasteiger partial charge in [0.15, 0.2) is 4.96 Å². The molecule has 0 saturated carbocycles. The average molecular weight is 300 g/mol. The van der Waals surface area contributed by atoms with E-state index in [4.69, 9.17) is 0 Å². The minimum atomic E-state index is 0.458. The van der Waals surface area contributed by atoms with Crippen LogP contribution in [0.15, 0.2) is 42.3 Å². The van der Waals surface area contributed by atoms with Gasteiger partial charge in [-0.3, -0.25) is 9.38 Å². The Morgan fingerprint density at radius 2 is 2.38 bits per heavy atom. The second kappa shape index (κ2) is 6.83. The molecule has 1 N–H and O–H groups in total. The molecule has 0 radical (unpaired) electrons. The highest BCUT2D eigenvalue weighted by atomic mass is 32.1. The summed E-state index contributed by atoms with van der Waals surface area (Å²) in [6.45, 7) is 3.14. The van der Waals surface area contributed by atoms with Gasteiger partial charge < -0.3 is 5.32 Å². The number of hydrogen-bond acceptors (Lipinski definition) is 4. The van der Waals surface area contributed by atoms with Gasteiger partial charge in [0, 0.05) is 42.6 Å². The number of pyridine rings is 1. The highest BCUT2D eigenvalue weighted by molar-refractivity contribution is 7.15. The minimum absolute atomic E-state index is 0.458. The number of likely N-dealkylation sites (N-methyl/N-ethyl adjacent to an activating group) is 1. The van der Waals surface area contributed by atoms with Crippen molar-refractivity contribution in [2.24, 2.45) is 0 Å². The third-order valence-electron chi connectivity index (χ3n) is 3.60. The number of nitrogens with one attached hydrogen (secondary N) is 1. The maximum Gasteiger partial charge on any atom is 0.193 e. The Hall–Kier alpha value is -1.72. The van der Waals surface area contributed by atoms with Crippen molar-refractivity contribution >= 4 is 16.3 Å². The summed E-state index contributed by atoms with van der Waals surface area (Å²) in [7, 11) is 0. The van der Waals surface area contributed by atoms with Crippen LogP contribution in [0.25, 0.3) is 4.96 Å². The molecular weight excluding hydrogens is 280 g/mol. The van der Waals surface area contributed by atoms with Crippen LogP contribution in [0.3, 0.4) is 0 Å². The largest absolute Gasteiger partial charge is 0.314 e. The van der Waals surface area contributed by atoms with Crippen LogP contribution in [0.2, 0.25) is 0 Å². The van der Waals surface area contributed by atoms with Gasteiger partial charge in [0.1, 0.15) is 0 Å². The van der Waals surface area contributed by atoms with Gasteiger partial charge in [0.05, 0.1) is 5.69 Å². The summed E-state index contributed by atoms with van der Waals surface area (Å²) < 4.78 is 2.10. The van der Waals surface area contributed by atoms with Crippen molar-refractivity contribution in [2.75, 3.05) is 6.54 Å². The number of hydrogen-bond donors (Lipinski definition) is 1. The second-order valence-corrected chi connectivity index (χ2v) is 6.06. The molecule has 0 bridgehead atoms. The Morgan fingerprint density at radius 1 is 1.43 bits per heavy atom. The van der Waals surface area contributed by atoms with Crippen molar-refractivity contribution in [3.05, 3.63) is 53.6 Å². The summed E-state index contributed by atoms with van der Waals surface area (Å²) in [6, 6.07) is 4.60. The predicted octanol–water partition coefficient (Wildman–Crippen LogP) is 2.94. The van der Waals surface area contributed by atoms with Crippen molar-refractivity contribution in [2.45, 2.75) is 32.2 Å². The first-order valence-electron chi connectivity index (χ1n) is 7.38. The van der Waals surface area contributed by atoms with Gasteiger partial charge in [-0.1, -0.05) is 13.0 Å². The molecule has 3 aromatic rings. The smallest absolute Gasteiger partial charge is 0.193 e. The van der Waals surface area contributed by atoms with Gasteiger partial charge in [-0.2, -0.15) is 0 Å². The van der Waals surface area contributed by atoms with E-state index in [1.165, 1.54) is 11.3 Å². The SMILES string of the molecule is CCNC(CCc1cccnc1)Cc1cn2ccsc2n1. The quantitative estimate of drug-likeness (QED) is 0.729. The molecule has 1 atom stereocenters. The monoisotopic (exact) mass is 300 g/mol. The Balaban J connectivity index is 1.62. The summed E-state index contributed by atoms with van der Waals surface area (Å²) in [4.78, 5) is 9.94. The van der Waals surface area contributed by atoms with E-state index in [1.54, 1.807) is 11.3 Å². The van der Waals surface area contributed by atoms with Crippen molar-refractivity contribution in [1.82, 2.24) is 19.7 Å². The van der Waals surface area contributed by atoms with Gasteiger partial charge in [-0.05, 0) is 31.0 Å². The number of fused-ring (bicyclic) bond motifs is 1. The fourth-order valence-electron chi connectivity index (χ4n) is 2.58. The summed E-state index contributed by atoms with van der Waals surface area (Å²) in [5, 5.41) is 5.64. The average Bonchev–Trinajstić information content (AvgIpc) is 3.07. The first-order valence-corrected chi connectivity index (χ1v) is 8.26. The molecule has 0 aliphatic heterocycles. The minimum Gasteiger partial charge on any atom is -0.314 e. The lowest BCUT2D eigenvalue weighted by molar-refractivity contribution is 0.487. The highest BCUT2D eigenvalue weighted by Crippen LogP contribution is 2.14. The lowest BCUT2D eigenvalue weighted by Crippen LogP contribution is -2.31. The van der Waals surface area contributed by atoms with E-state index in [1.807, 2.05) is 18.5 Å². The number of rotatable bonds is 7. The van der Waals surface area contributed by atoms with Crippen LogP contribution in [0.4, 0.5) is 0 Å². The van der Waals surface area contributed by atoms with E-state index < -0.39 is 0 Å². The zero-order chi connectivity index (χ0) is 14.5. The lowest BCUT2D eigenvalue weighted by atomic mass is 10.0. The molecule has 0 amide bonds. The van der Waals surface area contributed by atoms with E-state index in [-0.39, 0.29) is 0 Å². The normalized spacial score (nSPS) is 12.8. The number of nitrogens with zero attached hydrogens (tertiary/aromatic N) is 3. The Labute approximate surface area is 128 Å². The molecular formula is C16H20N4S. The maximum absolute atomic E-state index is 4.68. The van der Waals surface area contributed by atoms with Crippen molar-refractivity contribution < 1.29 is 0 Å². The zero-order valence-corrected chi connectivity index (χ0v) is 13.0.